The number of fused-ring (bicyclic) bond motifs is 1. The van der Waals surface area contributed by atoms with Gasteiger partial charge in [-0.05, 0) is 56.1 Å². The fourth-order valence-electron chi connectivity index (χ4n) is 5.64. The van der Waals surface area contributed by atoms with Crippen molar-refractivity contribution in [3.05, 3.63) is 23.3 Å². The van der Waals surface area contributed by atoms with Crippen molar-refractivity contribution in [2.24, 2.45) is 28.6 Å². The van der Waals surface area contributed by atoms with E-state index in [0.29, 0.717) is 11.1 Å². The van der Waals surface area contributed by atoms with E-state index in [1.54, 1.807) is 19.9 Å². The van der Waals surface area contributed by atoms with Gasteiger partial charge in [-0.1, -0.05) is 19.9 Å². The Bertz CT molecular complexity index is 642. The molecule has 24 heavy (non-hydrogen) atoms. The van der Waals surface area contributed by atoms with E-state index >= 15 is 0 Å². The smallest absolute Gasteiger partial charge is 0.333 e. The van der Waals surface area contributed by atoms with Gasteiger partial charge in [0.1, 0.15) is 18.7 Å². The molecule has 3 aliphatic rings. The molecule has 0 amide bonds. The summed E-state index contributed by atoms with van der Waals surface area (Å²) in [6.07, 6.45) is 7.63. The number of allylic oxidation sites excluding steroid dienone is 2. The number of ether oxygens (including phenoxy) is 1. The first-order valence-corrected chi connectivity index (χ1v) is 8.79. The third-order valence-corrected chi connectivity index (χ3v) is 7.03. The first kappa shape index (κ1) is 17.1. The molecule has 0 saturated heterocycles. The predicted octanol–water partition coefficient (Wildman–Crippen LogP) is 3.26. The molecule has 0 aromatic rings. The van der Waals surface area contributed by atoms with Gasteiger partial charge in [0, 0.05) is 22.8 Å². The van der Waals surface area contributed by atoms with Crippen molar-refractivity contribution in [2.45, 2.75) is 53.1 Å². The van der Waals surface area contributed by atoms with Gasteiger partial charge >= 0.3 is 5.97 Å². The van der Waals surface area contributed by atoms with Crippen molar-refractivity contribution in [1.29, 1.82) is 0 Å². The van der Waals surface area contributed by atoms with E-state index in [1.807, 2.05) is 6.08 Å². The second kappa shape index (κ2) is 5.68. The minimum atomic E-state index is -0.397. The largest absolute Gasteiger partial charge is 0.454 e. The number of aldehydes is 2. The molecule has 0 aliphatic heterocycles. The summed E-state index contributed by atoms with van der Waals surface area (Å²) in [4.78, 5) is 35.7. The molecule has 0 aromatic carbocycles. The van der Waals surface area contributed by atoms with Crippen molar-refractivity contribution in [1.82, 2.24) is 0 Å². The number of rotatable bonds is 4. The quantitative estimate of drug-likeness (QED) is 0.451. The Hall–Kier alpha value is -1.71. The van der Waals surface area contributed by atoms with Crippen LogP contribution in [0.25, 0.3) is 0 Å². The molecule has 0 unspecified atom stereocenters. The molecule has 4 nitrogen and oxygen atoms in total. The SMILES string of the molecule is C/C=C(/C)C(=O)O[C@H]1C=C(C=O)[C@]23C[C@H]1C(C)(C)[C@@H]2CC[C@@H]3C=O. The monoisotopic (exact) mass is 330 g/mol. The molecule has 2 fully saturated rings. The van der Waals surface area contributed by atoms with Crippen LogP contribution in [0, 0.1) is 28.6 Å². The Balaban J connectivity index is 2.04. The molecule has 5 atom stereocenters. The average Bonchev–Trinajstić information content (AvgIpc) is 3.02. The molecule has 0 heterocycles. The van der Waals surface area contributed by atoms with Crippen molar-refractivity contribution >= 4 is 18.5 Å². The molecular formula is C20H26O4. The van der Waals surface area contributed by atoms with Crippen molar-refractivity contribution in [3.8, 4) is 0 Å². The Morgan fingerprint density at radius 1 is 1.29 bits per heavy atom. The minimum absolute atomic E-state index is 0.0756. The molecule has 0 radical (unpaired) electrons. The lowest BCUT2D eigenvalue weighted by molar-refractivity contribution is -0.146. The summed E-state index contributed by atoms with van der Waals surface area (Å²) >= 11 is 0. The highest BCUT2D eigenvalue weighted by atomic mass is 16.5. The third-order valence-electron chi connectivity index (χ3n) is 7.03. The minimum Gasteiger partial charge on any atom is -0.454 e. The van der Waals surface area contributed by atoms with Crippen LogP contribution in [0.15, 0.2) is 23.3 Å². The number of esters is 1. The zero-order valence-corrected chi connectivity index (χ0v) is 14.9. The van der Waals surface area contributed by atoms with Gasteiger partial charge in [-0.25, -0.2) is 4.79 Å². The summed E-state index contributed by atoms with van der Waals surface area (Å²) in [5, 5.41) is 0. The summed E-state index contributed by atoms with van der Waals surface area (Å²) in [5.41, 5.74) is 0.808. The molecule has 0 aromatic heterocycles. The van der Waals surface area contributed by atoms with E-state index in [1.165, 1.54) is 0 Å². The first-order valence-electron chi connectivity index (χ1n) is 8.79. The molecule has 3 rings (SSSR count). The third kappa shape index (κ3) is 2.08. The van der Waals surface area contributed by atoms with Gasteiger partial charge < -0.3 is 9.53 Å². The summed E-state index contributed by atoms with van der Waals surface area (Å²) < 4.78 is 5.74. The molecular weight excluding hydrogens is 304 g/mol. The lowest BCUT2D eigenvalue weighted by Crippen LogP contribution is -2.38. The maximum atomic E-state index is 12.2. The lowest BCUT2D eigenvalue weighted by Gasteiger charge is -2.38. The molecule has 3 aliphatic carbocycles. The van der Waals surface area contributed by atoms with Gasteiger partial charge in [0.05, 0.1) is 0 Å². The number of hydrogen-bond donors (Lipinski definition) is 0. The van der Waals surface area contributed by atoms with E-state index < -0.39 is 6.10 Å². The van der Waals surface area contributed by atoms with E-state index in [2.05, 4.69) is 13.8 Å². The van der Waals surface area contributed by atoms with Crippen molar-refractivity contribution in [3.63, 3.8) is 0 Å². The average molecular weight is 330 g/mol. The van der Waals surface area contributed by atoms with Crippen LogP contribution >= 0.6 is 0 Å². The standard InChI is InChI=1S/C20H26O4/c1-5-12(2)18(23)24-16-8-14(11-22)20-9-15(16)19(3,4)17(20)7-6-13(20)10-21/h5,8,10-11,13,15-17H,6-7,9H2,1-4H3/b12-5-/t13-,15-,16+,17+,20-/m1/s1. The van der Waals surface area contributed by atoms with Crippen LogP contribution in [-0.4, -0.2) is 24.6 Å². The van der Waals surface area contributed by atoms with Crippen LogP contribution in [-0.2, 0) is 19.1 Å². The normalized spacial score (nSPS) is 39.8. The maximum Gasteiger partial charge on any atom is 0.333 e. The van der Waals surface area contributed by atoms with Gasteiger partial charge in [0.25, 0.3) is 0 Å². The van der Waals surface area contributed by atoms with E-state index in [4.69, 9.17) is 4.74 Å². The molecule has 1 spiro atoms. The predicted molar refractivity (Wildman–Crippen MR) is 90.1 cm³/mol. The van der Waals surface area contributed by atoms with Gasteiger partial charge in [0.15, 0.2) is 0 Å². The lowest BCUT2D eigenvalue weighted by atomic mass is 9.65. The fraction of sp³-hybridized carbons (Fsp3) is 0.650. The zero-order valence-electron chi connectivity index (χ0n) is 14.9. The highest BCUT2D eigenvalue weighted by molar-refractivity contribution is 5.88. The second-order valence-corrected chi connectivity index (χ2v) is 8.13. The van der Waals surface area contributed by atoms with E-state index in [-0.39, 0.29) is 34.6 Å². The summed E-state index contributed by atoms with van der Waals surface area (Å²) in [6.45, 7) is 7.93. The van der Waals surface area contributed by atoms with E-state index in [9.17, 15) is 14.4 Å². The Morgan fingerprint density at radius 3 is 2.58 bits per heavy atom. The second-order valence-electron chi connectivity index (χ2n) is 8.13. The van der Waals surface area contributed by atoms with E-state index in [0.717, 1.165) is 31.8 Å². The van der Waals surface area contributed by atoms with Crippen LogP contribution in [0.2, 0.25) is 0 Å². The van der Waals surface area contributed by atoms with Crippen molar-refractivity contribution in [2.75, 3.05) is 0 Å². The van der Waals surface area contributed by atoms with Gasteiger partial charge in [-0.15, -0.1) is 0 Å². The number of carbonyl (C=O) groups is 3. The van der Waals surface area contributed by atoms with Gasteiger partial charge in [-0.3, -0.25) is 4.79 Å². The van der Waals surface area contributed by atoms with Gasteiger partial charge in [-0.2, -0.15) is 0 Å². The number of carbonyl (C=O) groups excluding carboxylic acids is 3. The Morgan fingerprint density at radius 2 is 2.00 bits per heavy atom. The van der Waals surface area contributed by atoms with Crippen LogP contribution < -0.4 is 0 Å². The topological polar surface area (TPSA) is 60.4 Å². The summed E-state index contributed by atoms with van der Waals surface area (Å²) in [7, 11) is 0. The molecule has 2 saturated carbocycles. The highest BCUT2D eigenvalue weighted by Crippen LogP contribution is 2.71. The number of hydrogen-bond acceptors (Lipinski definition) is 4. The first-order chi connectivity index (χ1) is 11.3. The Kier molecular flexibility index (Phi) is 4.05. The van der Waals surface area contributed by atoms with Crippen LogP contribution in [0.1, 0.15) is 47.0 Å². The Labute approximate surface area is 143 Å². The maximum absolute atomic E-state index is 12.2. The highest BCUT2D eigenvalue weighted by Gasteiger charge is 2.68. The molecule has 2 bridgehead atoms. The fourth-order valence-corrected chi connectivity index (χ4v) is 5.64. The molecule has 130 valence electrons. The van der Waals surface area contributed by atoms with Crippen LogP contribution in [0.5, 0.6) is 0 Å². The summed E-state index contributed by atoms with van der Waals surface area (Å²) in [6, 6.07) is 0. The van der Waals surface area contributed by atoms with Crippen LogP contribution in [0.4, 0.5) is 0 Å². The molecule has 4 heteroatoms. The summed E-state index contributed by atoms with van der Waals surface area (Å²) in [5.74, 6) is -0.00683. The van der Waals surface area contributed by atoms with Crippen molar-refractivity contribution < 1.29 is 19.1 Å². The zero-order chi connectivity index (χ0) is 17.7. The van der Waals surface area contributed by atoms with Gasteiger partial charge in [0.2, 0.25) is 0 Å². The molecule has 0 N–H and O–H groups in total. The van der Waals surface area contributed by atoms with Crippen LogP contribution in [0.3, 0.4) is 0 Å².